The molecule has 0 fully saturated rings. The molecule has 0 spiro atoms. The summed E-state index contributed by atoms with van der Waals surface area (Å²) in [7, 11) is 0. The van der Waals surface area contributed by atoms with Crippen molar-refractivity contribution in [2.24, 2.45) is 0 Å². The van der Waals surface area contributed by atoms with Crippen LogP contribution < -0.4 is 5.56 Å². The van der Waals surface area contributed by atoms with Crippen molar-refractivity contribution in [1.29, 1.82) is 0 Å². The Labute approximate surface area is 122 Å². The number of rotatable bonds is 3. The SMILES string of the molecule is O=c1c2ccsc2ccn1CC(O)c1ccc(F)cc1F. The monoisotopic (exact) mass is 307 g/mol. The first-order valence-electron chi connectivity index (χ1n) is 6.26. The lowest BCUT2D eigenvalue weighted by molar-refractivity contribution is 0.151. The average Bonchev–Trinajstić information content (AvgIpc) is 2.91. The Kier molecular flexibility index (Phi) is 3.57. The highest BCUT2D eigenvalue weighted by Crippen LogP contribution is 2.21. The summed E-state index contributed by atoms with van der Waals surface area (Å²) in [5.74, 6) is -1.53. The van der Waals surface area contributed by atoms with Crippen LogP contribution in [0, 0.1) is 11.6 Å². The first-order chi connectivity index (χ1) is 10.1. The second kappa shape index (κ2) is 5.38. The lowest BCUT2D eigenvalue weighted by Gasteiger charge is -2.14. The molecule has 2 aromatic heterocycles. The van der Waals surface area contributed by atoms with Crippen LogP contribution in [0.15, 0.2) is 46.7 Å². The van der Waals surface area contributed by atoms with Gasteiger partial charge >= 0.3 is 0 Å². The van der Waals surface area contributed by atoms with Crippen molar-refractivity contribution in [3.8, 4) is 0 Å². The van der Waals surface area contributed by atoms with E-state index >= 15 is 0 Å². The molecule has 1 unspecified atom stereocenters. The minimum Gasteiger partial charge on any atom is -0.386 e. The zero-order chi connectivity index (χ0) is 15.0. The number of nitrogens with zero attached hydrogens (tertiary/aromatic N) is 1. The maximum absolute atomic E-state index is 13.6. The van der Waals surface area contributed by atoms with Crippen LogP contribution in [0.2, 0.25) is 0 Å². The molecule has 21 heavy (non-hydrogen) atoms. The fourth-order valence-corrected chi connectivity index (χ4v) is 2.98. The molecule has 1 N–H and O–H groups in total. The van der Waals surface area contributed by atoms with Gasteiger partial charge in [-0.05, 0) is 23.6 Å². The van der Waals surface area contributed by atoms with E-state index in [1.807, 2.05) is 5.38 Å². The van der Waals surface area contributed by atoms with Crippen molar-refractivity contribution in [1.82, 2.24) is 4.57 Å². The van der Waals surface area contributed by atoms with Crippen molar-refractivity contribution in [3.63, 3.8) is 0 Å². The van der Waals surface area contributed by atoms with E-state index in [-0.39, 0.29) is 17.7 Å². The van der Waals surface area contributed by atoms with E-state index in [1.54, 1.807) is 18.3 Å². The molecule has 3 aromatic rings. The molecule has 0 saturated carbocycles. The summed E-state index contributed by atoms with van der Waals surface area (Å²) < 4.78 is 28.7. The maximum atomic E-state index is 13.6. The van der Waals surface area contributed by atoms with Crippen molar-refractivity contribution in [3.05, 3.63) is 69.5 Å². The molecule has 0 saturated heterocycles. The Hall–Kier alpha value is -2.05. The highest BCUT2D eigenvalue weighted by molar-refractivity contribution is 7.17. The number of aromatic nitrogens is 1. The molecule has 6 heteroatoms. The molecule has 0 aliphatic carbocycles. The largest absolute Gasteiger partial charge is 0.386 e. The van der Waals surface area contributed by atoms with Gasteiger partial charge in [0.15, 0.2) is 0 Å². The molecule has 0 aliphatic rings. The normalized spacial score (nSPS) is 12.7. The molecular weight excluding hydrogens is 296 g/mol. The lowest BCUT2D eigenvalue weighted by atomic mass is 10.1. The van der Waals surface area contributed by atoms with Gasteiger partial charge in [-0.1, -0.05) is 6.07 Å². The standard InChI is InChI=1S/C15H11F2NO2S/c16-9-1-2-10(12(17)7-9)13(19)8-18-5-3-14-11(15(18)20)4-6-21-14/h1-7,13,19H,8H2. The van der Waals surface area contributed by atoms with Crippen LogP contribution >= 0.6 is 11.3 Å². The Bertz CT molecular complexity index is 856. The van der Waals surface area contributed by atoms with Crippen molar-refractivity contribution in [2.45, 2.75) is 12.6 Å². The van der Waals surface area contributed by atoms with Gasteiger partial charge in [-0.2, -0.15) is 0 Å². The average molecular weight is 307 g/mol. The fourth-order valence-electron chi connectivity index (χ4n) is 2.21. The number of hydrogen-bond donors (Lipinski definition) is 1. The summed E-state index contributed by atoms with van der Waals surface area (Å²) in [5.41, 5.74) is -0.274. The van der Waals surface area contributed by atoms with Gasteiger partial charge < -0.3 is 9.67 Å². The van der Waals surface area contributed by atoms with Gasteiger partial charge in [0.2, 0.25) is 0 Å². The number of hydrogen-bond acceptors (Lipinski definition) is 3. The number of aliphatic hydroxyl groups is 1. The predicted molar refractivity (Wildman–Crippen MR) is 77.4 cm³/mol. The Morgan fingerprint density at radius 2 is 2.05 bits per heavy atom. The summed E-state index contributed by atoms with van der Waals surface area (Å²) in [6.07, 6.45) is 0.339. The quantitative estimate of drug-likeness (QED) is 0.808. The summed E-state index contributed by atoms with van der Waals surface area (Å²) >= 11 is 1.45. The smallest absolute Gasteiger partial charge is 0.259 e. The summed E-state index contributed by atoms with van der Waals surface area (Å²) in [4.78, 5) is 12.2. The van der Waals surface area contributed by atoms with Crippen molar-refractivity contribution >= 4 is 21.4 Å². The van der Waals surface area contributed by atoms with Crippen LogP contribution in [0.4, 0.5) is 8.78 Å². The van der Waals surface area contributed by atoms with E-state index in [2.05, 4.69) is 0 Å². The molecule has 3 nitrogen and oxygen atoms in total. The van der Waals surface area contributed by atoms with Gasteiger partial charge in [0.25, 0.3) is 5.56 Å². The zero-order valence-corrected chi connectivity index (χ0v) is 11.6. The highest BCUT2D eigenvalue weighted by Gasteiger charge is 2.15. The molecule has 108 valence electrons. The van der Waals surface area contributed by atoms with Gasteiger partial charge in [-0.3, -0.25) is 4.79 Å². The number of thiophene rings is 1. The van der Waals surface area contributed by atoms with Gasteiger partial charge in [0.05, 0.1) is 18.0 Å². The minimum absolute atomic E-state index is 0.0336. The molecule has 2 heterocycles. The first kappa shape index (κ1) is 13.9. The van der Waals surface area contributed by atoms with Gasteiger partial charge in [0, 0.05) is 22.5 Å². The second-order valence-electron chi connectivity index (χ2n) is 4.65. The van der Waals surface area contributed by atoms with Gasteiger partial charge in [-0.15, -0.1) is 11.3 Å². The molecule has 0 bridgehead atoms. The lowest BCUT2D eigenvalue weighted by Crippen LogP contribution is -2.22. The van der Waals surface area contributed by atoms with Gasteiger partial charge in [-0.25, -0.2) is 8.78 Å². The van der Waals surface area contributed by atoms with Crippen LogP contribution in [-0.4, -0.2) is 9.67 Å². The molecule has 0 aliphatic heterocycles. The Balaban J connectivity index is 1.94. The molecule has 0 amide bonds. The van der Waals surface area contributed by atoms with Crippen molar-refractivity contribution < 1.29 is 13.9 Å². The van der Waals surface area contributed by atoms with E-state index in [9.17, 15) is 18.7 Å². The number of halogens is 2. The summed E-state index contributed by atoms with van der Waals surface area (Å²) in [6, 6.07) is 6.46. The van der Waals surface area contributed by atoms with Crippen LogP contribution in [0.5, 0.6) is 0 Å². The molecule has 3 rings (SSSR count). The number of pyridine rings is 1. The Morgan fingerprint density at radius 1 is 1.24 bits per heavy atom. The summed E-state index contributed by atoms with van der Waals surface area (Å²) in [5, 5.41) is 12.4. The number of aliphatic hydroxyl groups excluding tert-OH is 1. The third kappa shape index (κ3) is 2.59. The summed E-state index contributed by atoms with van der Waals surface area (Å²) in [6.45, 7) is -0.0901. The van der Waals surface area contributed by atoms with E-state index in [0.717, 1.165) is 10.8 Å². The molecule has 1 atom stereocenters. The van der Waals surface area contributed by atoms with Crippen LogP contribution in [0.3, 0.4) is 0 Å². The maximum Gasteiger partial charge on any atom is 0.259 e. The zero-order valence-electron chi connectivity index (χ0n) is 10.8. The third-order valence-electron chi connectivity index (χ3n) is 3.28. The third-order valence-corrected chi connectivity index (χ3v) is 4.17. The number of fused-ring (bicyclic) bond motifs is 1. The molecule has 0 radical (unpaired) electrons. The van der Waals surface area contributed by atoms with Crippen LogP contribution in [-0.2, 0) is 6.54 Å². The number of benzene rings is 1. The van der Waals surface area contributed by atoms with Gasteiger partial charge in [0.1, 0.15) is 11.6 Å². The van der Waals surface area contributed by atoms with Crippen LogP contribution in [0.25, 0.3) is 10.1 Å². The topological polar surface area (TPSA) is 42.2 Å². The Morgan fingerprint density at radius 3 is 2.81 bits per heavy atom. The predicted octanol–water partition coefficient (Wildman–Crippen LogP) is 3.07. The second-order valence-corrected chi connectivity index (χ2v) is 5.60. The van der Waals surface area contributed by atoms with E-state index in [0.29, 0.717) is 11.5 Å². The van der Waals surface area contributed by atoms with Crippen molar-refractivity contribution in [2.75, 3.05) is 0 Å². The highest BCUT2D eigenvalue weighted by atomic mass is 32.1. The van der Waals surface area contributed by atoms with E-state index in [4.69, 9.17) is 0 Å². The van der Waals surface area contributed by atoms with Crippen LogP contribution in [0.1, 0.15) is 11.7 Å². The van der Waals surface area contributed by atoms with E-state index < -0.39 is 17.7 Å². The minimum atomic E-state index is -1.22. The van der Waals surface area contributed by atoms with E-state index in [1.165, 1.54) is 22.0 Å². The first-order valence-corrected chi connectivity index (χ1v) is 7.14. The fraction of sp³-hybridized carbons (Fsp3) is 0.133. The molecular formula is C15H11F2NO2S. The molecule has 1 aromatic carbocycles.